The molecule has 0 spiro atoms. The number of piperidine rings is 1. The molecule has 1 aromatic heterocycles. The lowest BCUT2D eigenvalue weighted by Gasteiger charge is -2.32. The molecule has 1 saturated heterocycles. The third kappa shape index (κ3) is 2.34. The van der Waals surface area contributed by atoms with Crippen molar-refractivity contribution in [3.05, 3.63) is 57.3 Å². The van der Waals surface area contributed by atoms with E-state index in [0.717, 1.165) is 19.6 Å². The van der Waals surface area contributed by atoms with E-state index in [4.69, 9.17) is 23.2 Å². The Morgan fingerprint density at radius 3 is 2.70 bits per heavy atom. The van der Waals surface area contributed by atoms with E-state index >= 15 is 0 Å². The van der Waals surface area contributed by atoms with Crippen LogP contribution < -0.4 is 5.32 Å². The number of hydrogen-bond donors (Lipinski definition) is 1. The fraction of sp³-hybridized carbons (Fsp3) is 0.474. The number of aryl methyl sites for hydroxylation is 2. The predicted molar refractivity (Wildman–Crippen MR) is 96.6 cm³/mol. The van der Waals surface area contributed by atoms with Crippen LogP contribution in [0.25, 0.3) is 0 Å². The highest BCUT2D eigenvalue weighted by molar-refractivity contribution is 6.42. The number of aromatic nitrogens is 1. The van der Waals surface area contributed by atoms with Crippen molar-refractivity contribution >= 4 is 23.2 Å². The zero-order valence-electron chi connectivity index (χ0n) is 13.6. The van der Waals surface area contributed by atoms with Crippen LogP contribution in [0.5, 0.6) is 0 Å². The summed E-state index contributed by atoms with van der Waals surface area (Å²) in [6.07, 6.45) is 4.67. The van der Waals surface area contributed by atoms with Gasteiger partial charge in [-0.2, -0.15) is 0 Å². The Morgan fingerprint density at radius 1 is 1.17 bits per heavy atom. The molecule has 23 heavy (non-hydrogen) atoms. The first kappa shape index (κ1) is 15.6. The molecule has 2 atom stereocenters. The average Bonchev–Trinajstić information content (AvgIpc) is 3.09. The minimum absolute atomic E-state index is 0.247. The zero-order valence-corrected chi connectivity index (χ0v) is 15.1. The highest BCUT2D eigenvalue weighted by Gasteiger charge is 2.68. The van der Waals surface area contributed by atoms with Crippen LogP contribution >= 0.6 is 23.2 Å². The largest absolute Gasteiger partial charge is 0.351 e. The second kappa shape index (κ2) is 5.27. The third-order valence-electron chi connectivity index (χ3n) is 5.92. The fourth-order valence-electron chi connectivity index (χ4n) is 4.65. The van der Waals surface area contributed by atoms with Gasteiger partial charge in [-0.25, -0.2) is 0 Å². The third-order valence-corrected chi connectivity index (χ3v) is 6.66. The molecule has 0 bridgehead atoms. The molecule has 4 heteroatoms. The average molecular weight is 349 g/mol. The number of rotatable bonds is 3. The van der Waals surface area contributed by atoms with Crippen LogP contribution in [0.4, 0.5) is 0 Å². The van der Waals surface area contributed by atoms with Crippen molar-refractivity contribution in [2.45, 2.75) is 38.6 Å². The van der Waals surface area contributed by atoms with E-state index in [1.807, 2.05) is 6.07 Å². The van der Waals surface area contributed by atoms with Gasteiger partial charge in [0.1, 0.15) is 0 Å². The normalized spacial score (nSPS) is 29.4. The first-order chi connectivity index (χ1) is 11.0. The number of nitrogens with zero attached hydrogens (tertiary/aromatic N) is 1. The van der Waals surface area contributed by atoms with E-state index in [0.29, 0.717) is 15.5 Å². The van der Waals surface area contributed by atoms with E-state index < -0.39 is 0 Å². The molecule has 1 aliphatic heterocycles. The molecule has 1 N–H and O–H groups in total. The summed E-state index contributed by atoms with van der Waals surface area (Å²) in [5, 5.41) is 4.93. The van der Waals surface area contributed by atoms with Crippen molar-refractivity contribution in [2.24, 2.45) is 5.41 Å². The lowest BCUT2D eigenvalue weighted by atomic mass is 9.81. The Bertz CT molecular complexity index is 767. The number of fused-ring (bicyclic) bond motifs is 1. The molecule has 0 amide bonds. The fourth-order valence-corrected chi connectivity index (χ4v) is 4.95. The molecule has 1 saturated carbocycles. The molecule has 0 radical (unpaired) electrons. The van der Waals surface area contributed by atoms with E-state index in [-0.39, 0.29) is 5.41 Å². The molecule has 2 unspecified atom stereocenters. The van der Waals surface area contributed by atoms with E-state index in [1.165, 1.54) is 29.7 Å². The molecule has 2 heterocycles. The molecule has 4 rings (SSSR count). The molecule has 1 aliphatic carbocycles. The molecule has 2 aliphatic rings. The van der Waals surface area contributed by atoms with Gasteiger partial charge in [-0.3, -0.25) is 0 Å². The number of benzene rings is 1. The highest BCUT2D eigenvalue weighted by Crippen LogP contribution is 2.68. The maximum Gasteiger partial charge on any atom is 0.0595 e. The monoisotopic (exact) mass is 348 g/mol. The zero-order chi connectivity index (χ0) is 16.2. The van der Waals surface area contributed by atoms with E-state index in [1.54, 1.807) is 0 Å². The molecule has 122 valence electrons. The first-order valence-corrected chi connectivity index (χ1v) is 9.01. The van der Waals surface area contributed by atoms with E-state index in [9.17, 15) is 0 Å². The van der Waals surface area contributed by atoms with Gasteiger partial charge in [-0.15, -0.1) is 0 Å². The van der Waals surface area contributed by atoms with Gasteiger partial charge < -0.3 is 9.88 Å². The van der Waals surface area contributed by atoms with E-state index in [2.05, 4.69) is 48.1 Å². The van der Waals surface area contributed by atoms with Crippen LogP contribution in [0.3, 0.4) is 0 Å². The number of hydrogen-bond acceptors (Lipinski definition) is 1. The van der Waals surface area contributed by atoms with Crippen LogP contribution in [-0.4, -0.2) is 17.7 Å². The van der Waals surface area contributed by atoms with Gasteiger partial charge in [-0.1, -0.05) is 29.3 Å². The summed E-state index contributed by atoms with van der Waals surface area (Å²) in [5.74, 6) is 0. The number of halogens is 2. The maximum absolute atomic E-state index is 6.29. The predicted octanol–water partition coefficient (Wildman–Crippen LogP) is 4.73. The summed E-state index contributed by atoms with van der Waals surface area (Å²) in [7, 11) is 0. The molecule has 2 fully saturated rings. The summed E-state index contributed by atoms with van der Waals surface area (Å²) < 4.78 is 2.42. The van der Waals surface area contributed by atoms with Gasteiger partial charge >= 0.3 is 0 Å². The van der Waals surface area contributed by atoms with Crippen LogP contribution in [-0.2, 0) is 12.0 Å². The second-order valence-corrected chi connectivity index (χ2v) is 8.20. The van der Waals surface area contributed by atoms with Gasteiger partial charge in [0.05, 0.1) is 10.0 Å². The smallest absolute Gasteiger partial charge is 0.0595 e. The molecular weight excluding hydrogens is 327 g/mol. The molecule has 1 aromatic carbocycles. The van der Waals surface area contributed by atoms with Gasteiger partial charge in [0.15, 0.2) is 0 Å². The van der Waals surface area contributed by atoms with Crippen molar-refractivity contribution in [1.29, 1.82) is 0 Å². The molecular formula is C19H22Cl2N2. The summed E-state index contributed by atoms with van der Waals surface area (Å²) in [6, 6.07) is 8.47. The van der Waals surface area contributed by atoms with Crippen LogP contribution in [0.2, 0.25) is 10.0 Å². The summed E-state index contributed by atoms with van der Waals surface area (Å²) in [5.41, 5.74) is 4.58. The summed E-state index contributed by atoms with van der Waals surface area (Å²) in [4.78, 5) is 0. The Kier molecular flexibility index (Phi) is 3.57. The van der Waals surface area contributed by atoms with Gasteiger partial charge in [0.25, 0.3) is 0 Å². The minimum Gasteiger partial charge on any atom is -0.351 e. The Hall–Kier alpha value is -0.960. The Balaban J connectivity index is 1.70. The Labute approximate surface area is 147 Å². The summed E-state index contributed by atoms with van der Waals surface area (Å²) >= 11 is 12.4. The topological polar surface area (TPSA) is 17.0 Å². The lowest BCUT2D eigenvalue weighted by Crippen LogP contribution is -2.40. The quantitative estimate of drug-likeness (QED) is 0.847. The maximum atomic E-state index is 6.29. The van der Waals surface area contributed by atoms with Crippen molar-refractivity contribution in [3.63, 3.8) is 0 Å². The van der Waals surface area contributed by atoms with Crippen molar-refractivity contribution in [1.82, 2.24) is 9.88 Å². The van der Waals surface area contributed by atoms with Gasteiger partial charge in [0, 0.05) is 35.8 Å². The van der Waals surface area contributed by atoms with Crippen molar-refractivity contribution in [3.8, 4) is 0 Å². The van der Waals surface area contributed by atoms with Crippen molar-refractivity contribution < 1.29 is 0 Å². The number of nitrogens with one attached hydrogen (secondary N) is 1. The minimum atomic E-state index is 0.247. The van der Waals surface area contributed by atoms with Gasteiger partial charge in [-0.05, 0) is 62.6 Å². The second-order valence-electron chi connectivity index (χ2n) is 7.38. The molecule has 2 aromatic rings. The summed E-state index contributed by atoms with van der Waals surface area (Å²) in [6.45, 7) is 7.58. The lowest BCUT2D eigenvalue weighted by molar-refractivity contribution is 0.284. The van der Waals surface area contributed by atoms with Crippen LogP contribution in [0.15, 0.2) is 30.5 Å². The van der Waals surface area contributed by atoms with Crippen LogP contribution in [0, 0.1) is 19.3 Å². The Morgan fingerprint density at radius 2 is 2.00 bits per heavy atom. The van der Waals surface area contributed by atoms with Crippen LogP contribution in [0.1, 0.15) is 29.7 Å². The first-order valence-electron chi connectivity index (χ1n) is 8.25. The van der Waals surface area contributed by atoms with Gasteiger partial charge in [0.2, 0.25) is 0 Å². The highest BCUT2D eigenvalue weighted by atomic mass is 35.5. The standard InChI is InChI=1S/C19H22Cl2N2/c1-13-7-14(2)23(9-13)12-18-10-19(18,5-6-22-11-18)15-3-4-16(20)17(21)8-15/h3-4,7-9,22H,5-6,10-12H2,1-2H3. The SMILES string of the molecule is Cc1cc(C)n(CC23CNCCC2(c2ccc(Cl)c(Cl)c2)C3)c1. The van der Waals surface area contributed by atoms with Crippen molar-refractivity contribution in [2.75, 3.05) is 13.1 Å². The molecule has 2 nitrogen and oxygen atoms in total.